The van der Waals surface area contributed by atoms with Gasteiger partial charge in [-0.15, -0.1) is 0 Å². The van der Waals surface area contributed by atoms with Crippen LogP contribution in [0.4, 0.5) is 27.4 Å². The Hall–Kier alpha value is -4.08. The van der Waals surface area contributed by atoms with Gasteiger partial charge in [-0.1, -0.05) is 18.2 Å². The summed E-state index contributed by atoms with van der Waals surface area (Å²) in [4.78, 5) is 30.9. The summed E-state index contributed by atoms with van der Waals surface area (Å²) in [6, 6.07) is 12.1. The van der Waals surface area contributed by atoms with E-state index in [-0.39, 0.29) is 36.3 Å². The van der Waals surface area contributed by atoms with E-state index in [0.29, 0.717) is 11.3 Å². The van der Waals surface area contributed by atoms with Crippen LogP contribution in [0.1, 0.15) is 22.8 Å². The number of rotatable bonds is 8. The Morgan fingerprint density at radius 1 is 1.17 bits per heavy atom. The first-order valence-corrected chi connectivity index (χ1v) is 9.00. The zero-order valence-corrected chi connectivity index (χ0v) is 16.0. The zero-order chi connectivity index (χ0) is 21.5. The van der Waals surface area contributed by atoms with Crippen LogP contribution in [0, 0.1) is 15.9 Å². The lowest BCUT2D eigenvalue weighted by Gasteiger charge is -2.11. The molecule has 0 aliphatic heterocycles. The van der Waals surface area contributed by atoms with Gasteiger partial charge in [0.05, 0.1) is 17.1 Å². The fourth-order valence-electron chi connectivity index (χ4n) is 2.64. The van der Waals surface area contributed by atoms with Gasteiger partial charge in [-0.25, -0.2) is 19.2 Å². The van der Waals surface area contributed by atoms with E-state index in [4.69, 9.17) is 4.74 Å². The molecule has 0 spiro atoms. The van der Waals surface area contributed by atoms with Crippen molar-refractivity contribution < 1.29 is 18.8 Å². The van der Waals surface area contributed by atoms with E-state index >= 15 is 0 Å². The maximum absolute atomic E-state index is 13.0. The molecule has 3 aromatic rings. The van der Waals surface area contributed by atoms with Crippen LogP contribution >= 0.6 is 0 Å². The van der Waals surface area contributed by atoms with Crippen LogP contribution in [-0.4, -0.2) is 27.5 Å². The molecule has 0 fully saturated rings. The molecule has 0 bridgehead atoms. The summed E-state index contributed by atoms with van der Waals surface area (Å²) >= 11 is 0. The summed E-state index contributed by atoms with van der Waals surface area (Å²) in [7, 11) is 0. The molecule has 9 nitrogen and oxygen atoms in total. The number of carbonyl (C=O) groups is 1. The lowest BCUT2D eigenvalue weighted by Crippen LogP contribution is -2.09. The zero-order valence-electron chi connectivity index (χ0n) is 16.0. The minimum atomic E-state index is -0.607. The normalized spacial score (nSPS) is 10.3. The molecule has 2 N–H and O–H groups in total. The van der Waals surface area contributed by atoms with Gasteiger partial charge in [0.15, 0.2) is 0 Å². The topological polar surface area (TPSA) is 119 Å². The first kappa shape index (κ1) is 20.6. The Kier molecular flexibility index (Phi) is 6.48. The number of nitrogens with one attached hydrogen (secondary N) is 2. The van der Waals surface area contributed by atoms with Crippen molar-refractivity contribution in [3.8, 4) is 0 Å². The number of ether oxygens (including phenoxy) is 1. The Morgan fingerprint density at radius 2 is 1.90 bits per heavy atom. The van der Waals surface area contributed by atoms with E-state index in [1.807, 2.05) is 0 Å². The Bertz CT molecular complexity index is 1060. The van der Waals surface area contributed by atoms with Crippen molar-refractivity contribution in [2.45, 2.75) is 13.5 Å². The summed E-state index contributed by atoms with van der Waals surface area (Å²) in [6.07, 6.45) is 1.18. The number of anilines is 3. The molecule has 0 unspecified atom stereocenters. The Labute approximate surface area is 171 Å². The number of nitro groups is 1. The standard InChI is InChI=1S/C20H18FN5O4/c1-2-30-20(27)14-4-3-5-16(10-14)25-19-17(26(28)29)18(23-12-24-19)22-11-13-6-8-15(21)9-7-13/h3-10,12H,2,11H2,1H3,(H2,22,23,24,25). The fraction of sp³-hybridized carbons (Fsp3) is 0.150. The van der Waals surface area contributed by atoms with Crippen LogP contribution in [0.15, 0.2) is 54.9 Å². The molecule has 0 aliphatic rings. The van der Waals surface area contributed by atoms with E-state index in [0.717, 1.165) is 5.56 Å². The van der Waals surface area contributed by atoms with Crippen molar-refractivity contribution in [2.75, 3.05) is 17.2 Å². The first-order valence-electron chi connectivity index (χ1n) is 9.00. The van der Waals surface area contributed by atoms with Gasteiger partial charge in [-0.05, 0) is 42.8 Å². The molecule has 1 heterocycles. The second-order valence-corrected chi connectivity index (χ2v) is 6.08. The highest BCUT2D eigenvalue weighted by Gasteiger charge is 2.23. The molecular formula is C20H18FN5O4. The van der Waals surface area contributed by atoms with Gasteiger partial charge in [0.25, 0.3) is 0 Å². The summed E-state index contributed by atoms with van der Waals surface area (Å²) in [5, 5.41) is 17.4. The van der Waals surface area contributed by atoms with Gasteiger partial charge in [0.1, 0.15) is 12.1 Å². The molecule has 0 aliphatic carbocycles. The number of carbonyl (C=O) groups excluding carboxylic acids is 1. The predicted molar refractivity (Wildman–Crippen MR) is 108 cm³/mol. The summed E-state index contributed by atoms with van der Waals surface area (Å²) in [6.45, 7) is 2.14. The molecule has 30 heavy (non-hydrogen) atoms. The first-order chi connectivity index (χ1) is 14.5. The third-order valence-electron chi connectivity index (χ3n) is 4.01. The largest absolute Gasteiger partial charge is 0.462 e. The van der Waals surface area contributed by atoms with Crippen molar-refractivity contribution in [1.29, 1.82) is 0 Å². The van der Waals surface area contributed by atoms with Crippen LogP contribution in [-0.2, 0) is 11.3 Å². The second kappa shape index (κ2) is 9.41. The van der Waals surface area contributed by atoms with Gasteiger partial charge >= 0.3 is 11.7 Å². The lowest BCUT2D eigenvalue weighted by molar-refractivity contribution is -0.383. The third kappa shape index (κ3) is 5.04. The molecule has 1 aromatic heterocycles. The maximum Gasteiger partial charge on any atom is 0.353 e. The molecule has 0 saturated carbocycles. The minimum Gasteiger partial charge on any atom is -0.462 e. The number of benzene rings is 2. The number of aromatic nitrogens is 2. The number of hydrogen-bond acceptors (Lipinski definition) is 8. The van der Waals surface area contributed by atoms with Crippen LogP contribution in [0.3, 0.4) is 0 Å². The smallest absolute Gasteiger partial charge is 0.353 e. The molecule has 0 radical (unpaired) electrons. The fourth-order valence-corrected chi connectivity index (χ4v) is 2.64. The van der Waals surface area contributed by atoms with Crippen LogP contribution in [0.2, 0.25) is 0 Å². The van der Waals surface area contributed by atoms with Crippen LogP contribution < -0.4 is 10.6 Å². The van der Waals surface area contributed by atoms with Crippen LogP contribution in [0.25, 0.3) is 0 Å². The molecule has 3 rings (SSSR count). The minimum absolute atomic E-state index is 0.00312. The molecule has 154 valence electrons. The monoisotopic (exact) mass is 411 g/mol. The second-order valence-electron chi connectivity index (χ2n) is 6.08. The summed E-state index contributed by atoms with van der Waals surface area (Å²) in [5.41, 5.74) is 1.09. The molecule has 0 saturated heterocycles. The van der Waals surface area contributed by atoms with Crippen molar-refractivity contribution in [3.05, 3.63) is 81.9 Å². The van der Waals surface area contributed by atoms with E-state index in [1.54, 1.807) is 37.3 Å². The Balaban J connectivity index is 1.84. The summed E-state index contributed by atoms with van der Waals surface area (Å²) in [5.74, 6) is -0.913. The molecular weight excluding hydrogens is 393 g/mol. The van der Waals surface area contributed by atoms with E-state index in [9.17, 15) is 19.3 Å². The Morgan fingerprint density at radius 3 is 2.60 bits per heavy atom. The number of nitrogens with zero attached hydrogens (tertiary/aromatic N) is 3. The van der Waals surface area contributed by atoms with Gasteiger partial charge in [-0.2, -0.15) is 0 Å². The highest BCUT2D eigenvalue weighted by Crippen LogP contribution is 2.31. The number of hydrogen-bond donors (Lipinski definition) is 2. The summed E-state index contributed by atoms with van der Waals surface area (Å²) < 4.78 is 18.0. The van der Waals surface area contributed by atoms with Crippen molar-refractivity contribution >= 4 is 29.0 Å². The van der Waals surface area contributed by atoms with Gasteiger partial charge in [0.2, 0.25) is 11.6 Å². The average Bonchev–Trinajstić information content (AvgIpc) is 2.73. The third-order valence-corrected chi connectivity index (χ3v) is 4.01. The number of halogens is 1. The number of esters is 1. The highest BCUT2D eigenvalue weighted by molar-refractivity contribution is 5.91. The molecule has 0 amide bonds. The quantitative estimate of drug-likeness (QED) is 0.324. The van der Waals surface area contributed by atoms with Gasteiger partial charge < -0.3 is 15.4 Å². The van der Waals surface area contributed by atoms with Gasteiger partial charge in [0, 0.05) is 12.2 Å². The van der Waals surface area contributed by atoms with Gasteiger partial charge in [-0.3, -0.25) is 10.1 Å². The van der Waals surface area contributed by atoms with Crippen molar-refractivity contribution in [1.82, 2.24) is 9.97 Å². The van der Waals surface area contributed by atoms with E-state index in [2.05, 4.69) is 20.6 Å². The SMILES string of the molecule is CCOC(=O)c1cccc(Nc2ncnc(NCc3ccc(F)cc3)c2[N+](=O)[O-])c1. The lowest BCUT2D eigenvalue weighted by atomic mass is 10.2. The molecule has 0 atom stereocenters. The maximum atomic E-state index is 13.0. The van der Waals surface area contributed by atoms with Crippen molar-refractivity contribution in [3.63, 3.8) is 0 Å². The van der Waals surface area contributed by atoms with Crippen molar-refractivity contribution in [2.24, 2.45) is 0 Å². The van der Waals surface area contributed by atoms with E-state index in [1.165, 1.54) is 24.5 Å². The average molecular weight is 411 g/mol. The molecule has 10 heteroatoms. The van der Waals surface area contributed by atoms with Crippen LogP contribution in [0.5, 0.6) is 0 Å². The predicted octanol–water partition coefficient (Wildman–Crippen LogP) is 4.06. The van der Waals surface area contributed by atoms with E-state index < -0.39 is 10.9 Å². The highest BCUT2D eigenvalue weighted by atomic mass is 19.1. The molecule has 2 aromatic carbocycles.